The number of nitrogens with zero attached hydrogens (tertiary/aromatic N) is 3. The number of anilines is 2. The smallest absolute Gasteiger partial charge is 0.257 e. The van der Waals surface area contributed by atoms with Crippen molar-refractivity contribution >= 4 is 35.0 Å². The Hall–Kier alpha value is -3.91. The molecule has 4 aromatic rings. The van der Waals surface area contributed by atoms with Gasteiger partial charge in [-0.05, 0) is 50.2 Å². The summed E-state index contributed by atoms with van der Waals surface area (Å²) in [7, 11) is 0. The van der Waals surface area contributed by atoms with Gasteiger partial charge in [-0.2, -0.15) is 0 Å². The summed E-state index contributed by atoms with van der Waals surface area (Å²) >= 11 is 1.29. The summed E-state index contributed by atoms with van der Waals surface area (Å²) in [6, 6.07) is 24.1. The molecule has 0 atom stereocenters. The van der Waals surface area contributed by atoms with Gasteiger partial charge in [0.15, 0.2) is 5.16 Å². The molecule has 4 rings (SSSR count). The first-order valence-electron chi connectivity index (χ1n) is 10.4. The Morgan fingerprint density at radius 3 is 2.30 bits per heavy atom. The highest BCUT2D eigenvalue weighted by atomic mass is 32.2. The van der Waals surface area contributed by atoms with Crippen LogP contribution >= 0.6 is 11.8 Å². The quantitative estimate of drug-likeness (QED) is 0.387. The Morgan fingerprint density at radius 1 is 0.848 bits per heavy atom. The second-order valence-electron chi connectivity index (χ2n) is 7.40. The number of thioether (sulfide) groups is 1. The van der Waals surface area contributed by atoms with Crippen LogP contribution in [-0.2, 0) is 4.79 Å². The highest BCUT2D eigenvalue weighted by molar-refractivity contribution is 7.99. The van der Waals surface area contributed by atoms with Crippen molar-refractivity contribution in [1.82, 2.24) is 14.8 Å². The molecule has 0 saturated carbocycles. The minimum atomic E-state index is -0.292. The molecule has 1 aromatic heterocycles. The van der Waals surface area contributed by atoms with Gasteiger partial charge in [-0.15, -0.1) is 10.2 Å². The van der Waals surface area contributed by atoms with Gasteiger partial charge in [-0.1, -0.05) is 59.8 Å². The van der Waals surface area contributed by atoms with Crippen molar-refractivity contribution in [3.63, 3.8) is 0 Å². The lowest BCUT2D eigenvalue weighted by Crippen LogP contribution is -2.19. The minimum Gasteiger partial charge on any atom is -0.325 e. The number of benzene rings is 3. The molecule has 8 heteroatoms. The van der Waals surface area contributed by atoms with Gasteiger partial charge in [0.05, 0.1) is 17.0 Å². The maximum absolute atomic E-state index is 12.7. The maximum atomic E-state index is 12.7. The van der Waals surface area contributed by atoms with Crippen LogP contribution in [0.15, 0.2) is 84.0 Å². The number of amides is 2. The Bertz CT molecular complexity index is 1270. The zero-order valence-electron chi connectivity index (χ0n) is 18.3. The van der Waals surface area contributed by atoms with Crippen LogP contribution < -0.4 is 10.6 Å². The highest BCUT2D eigenvalue weighted by Crippen LogP contribution is 2.23. The van der Waals surface area contributed by atoms with E-state index in [4.69, 9.17) is 0 Å². The van der Waals surface area contributed by atoms with Crippen LogP contribution in [0.3, 0.4) is 0 Å². The number of carbonyl (C=O) groups is 2. The SMILES string of the molecule is Cc1ccc(-n2c(C)nnc2SCC(=O)Nc2ccccc2C(=O)Nc2ccccc2)cc1. The maximum Gasteiger partial charge on any atom is 0.257 e. The van der Waals surface area contributed by atoms with Gasteiger partial charge in [-0.3, -0.25) is 14.2 Å². The van der Waals surface area contributed by atoms with Gasteiger partial charge in [0.25, 0.3) is 5.91 Å². The first kappa shape index (κ1) is 22.3. The third kappa shape index (κ3) is 5.48. The average Bonchev–Trinajstić information content (AvgIpc) is 3.19. The zero-order chi connectivity index (χ0) is 23.2. The number of para-hydroxylation sites is 2. The fourth-order valence-corrected chi connectivity index (χ4v) is 4.05. The van der Waals surface area contributed by atoms with Crippen LogP contribution in [0.25, 0.3) is 5.69 Å². The number of aromatic nitrogens is 3. The van der Waals surface area contributed by atoms with Gasteiger partial charge >= 0.3 is 0 Å². The van der Waals surface area contributed by atoms with Crippen molar-refractivity contribution in [2.45, 2.75) is 19.0 Å². The summed E-state index contributed by atoms with van der Waals surface area (Å²) in [4.78, 5) is 25.4. The van der Waals surface area contributed by atoms with E-state index in [1.165, 1.54) is 11.8 Å². The van der Waals surface area contributed by atoms with E-state index in [0.29, 0.717) is 22.1 Å². The molecule has 0 aliphatic heterocycles. The van der Waals surface area contributed by atoms with Crippen molar-refractivity contribution in [3.05, 3.63) is 95.8 Å². The molecule has 166 valence electrons. The number of rotatable bonds is 7. The van der Waals surface area contributed by atoms with E-state index in [0.717, 1.165) is 17.1 Å². The van der Waals surface area contributed by atoms with Crippen molar-refractivity contribution in [3.8, 4) is 5.69 Å². The Morgan fingerprint density at radius 2 is 1.55 bits per heavy atom. The third-order valence-electron chi connectivity index (χ3n) is 4.90. The van der Waals surface area contributed by atoms with E-state index in [2.05, 4.69) is 20.8 Å². The Labute approximate surface area is 196 Å². The number of hydrogen-bond donors (Lipinski definition) is 2. The summed E-state index contributed by atoms with van der Waals surface area (Å²) in [6.45, 7) is 3.90. The summed E-state index contributed by atoms with van der Waals surface area (Å²) in [5.41, 5.74) is 3.62. The molecule has 0 spiro atoms. The van der Waals surface area contributed by atoms with Crippen LogP contribution in [-0.4, -0.2) is 32.3 Å². The van der Waals surface area contributed by atoms with E-state index >= 15 is 0 Å². The molecule has 7 nitrogen and oxygen atoms in total. The third-order valence-corrected chi connectivity index (χ3v) is 5.83. The second kappa shape index (κ2) is 10.1. The molecule has 0 unspecified atom stereocenters. The number of carbonyl (C=O) groups excluding carboxylic acids is 2. The molecule has 1 heterocycles. The largest absolute Gasteiger partial charge is 0.325 e. The van der Waals surface area contributed by atoms with E-state index in [1.807, 2.05) is 73.0 Å². The summed E-state index contributed by atoms with van der Waals surface area (Å²) < 4.78 is 1.92. The zero-order valence-corrected chi connectivity index (χ0v) is 19.1. The monoisotopic (exact) mass is 457 g/mol. The number of aryl methyl sites for hydroxylation is 2. The van der Waals surface area contributed by atoms with E-state index in [1.54, 1.807) is 24.3 Å². The van der Waals surface area contributed by atoms with Crippen LogP contribution in [0.5, 0.6) is 0 Å². The average molecular weight is 458 g/mol. The van der Waals surface area contributed by atoms with E-state index in [-0.39, 0.29) is 17.6 Å². The molecular weight excluding hydrogens is 434 g/mol. The number of nitrogens with one attached hydrogen (secondary N) is 2. The van der Waals surface area contributed by atoms with Crippen LogP contribution in [0.2, 0.25) is 0 Å². The molecule has 0 fully saturated rings. The predicted octanol–water partition coefficient (Wildman–Crippen LogP) is 4.87. The van der Waals surface area contributed by atoms with Crippen molar-refractivity contribution in [2.24, 2.45) is 0 Å². The molecule has 0 radical (unpaired) electrons. The van der Waals surface area contributed by atoms with Gasteiger partial charge in [0.1, 0.15) is 5.82 Å². The van der Waals surface area contributed by atoms with Crippen LogP contribution in [0, 0.1) is 13.8 Å². The molecule has 2 amide bonds. The van der Waals surface area contributed by atoms with Gasteiger partial charge in [0.2, 0.25) is 5.91 Å². The van der Waals surface area contributed by atoms with Crippen molar-refractivity contribution < 1.29 is 9.59 Å². The predicted molar refractivity (Wildman–Crippen MR) is 131 cm³/mol. The molecule has 3 aromatic carbocycles. The van der Waals surface area contributed by atoms with Gasteiger partial charge < -0.3 is 10.6 Å². The Kier molecular flexibility index (Phi) is 6.85. The molecule has 0 aliphatic rings. The van der Waals surface area contributed by atoms with Crippen LogP contribution in [0.4, 0.5) is 11.4 Å². The first-order valence-corrected chi connectivity index (χ1v) is 11.4. The van der Waals surface area contributed by atoms with E-state index in [9.17, 15) is 9.59 Å². The first-order chi connectivity index (χ1) is 16.0. The molecule has 0 aliphatic carbocycles. The molecule has 33 heavy (non-hydrogen) atoms. The number of hydrogen-bond acceptors (Lipinski definition) is 5. The lowest BCUT2D eigenvalue weighted by Gasteiger charge is -2.12. The fraction of sp³-hybridized carbons (Fsp3) is 0.120. The van der Waals surface area contributed by atoms with Crippen molar-refractivity contribution in [2.75, 3.05) is 16.4 Å². The fourth-order valence-electron chi connectivity index (χ4n) is 3.25. The highest BCUT2D eigenvalue weighted by Gasteiger charge is 2.16. The molecular formula is C25H23N5O2S. The standard InChI is InChI=1S/C25H23N5O2S/c1-17-12-14-20(15-13-17)30-18(2)28-29-25(30)33-16-23(31)27-22-11-7-6-10-21(22)24(32)26-19-8-4-3-5-9-19/h3-15H,16H2,1-2H3,(H,26,32)(H,27,31). The molecule has 0 saturated heterocycles. The Balaban J connectivity index is 1.44. The lowest BCUT2D eigenvalue weighted by atomic mass is 10.1. The van der Waals surface area contributed by atoms with E-state index < -0.39 is 0 Å². The van der Waals surface area contributed by atoms with Crippen molar-refractivity contribution in [1.29, 1.82) is 0 Å². The lowest BCUT2D eigenvalue weighted by molar-refractivity contribution is -0.113. The summed E-state index contributed by atoms with van der Waals surface area (Å²) in [5.74, 6) is 0.332. The topological polar surface area (TPSA) is 88.9 Å². The normalized spacial score (nSPS) is 10.6. The van der Waals surface area contributed by atoms with Gasteiger partial charge in [0, 0.05) is 11.4 Å². The second-order valence-corrected chi connectivity index (χ2v) is 8.35. The summed E-state index contributed by atoms with van der Waals surface area (Å²) in [5, 5.41) is 14.7. The molecule has 2 N–H and O–H groups in total. The van der Waals surface area contributed by atoms with Gasteiger partial charge in [-0.25, -0.2) is 0 Å². The van der Waals surface area contributed by atoms with Crippen LogP contribution in [0.1, 0.15) is 21.7 Å². The minimum absolute atomic E-state index is 0.124. The summed E-state index contributed by atoms with van der Waals surface area (Å²) in [6.07, 6.45) is 0. The molecule has 0 bridgehead atoms.